The Morgan fingerprint density at radius 3 is 2.62 bits per heavy atom. The van der Waals surface area contributed by atoms with Crippen LogP contribution in [0.4, 0.5) is 0 Å². The summed E-state index contributed by atoms with van der Waals surface area (Å²) in [6, 6.07) is 0. The molecule has 46 valence electrons. The van der Waals surface area contributed by atoms with Crippen LogP contribution in [0.1, 0.15) is 0 Å². The van der Waals surface area contributed by atoms with Gasteiger partial charge in [-0.1, -0.05) is 0 Å². The van der Waals surface area contributed by atoms with Gasteiger partial charge in [0.05, 0.1) is 6.61 Å². The fourth-order valence-corrected chi connectivity index (χ4v) is 0.421. The van der Waals surface area contributed by atoms with Crippen molar-refractivity contribution >= 4 is 5.91 Å². The van der Waals surface area contributed by atoms with Gasteiger partial charge in [0, 0.05) is 0 Å². The number of aliphatic hydroxyl groups is 1. The predicted octanol–water partition coefficient (Wildman–Crippen LogP) is -1.77. The van der Waals surface area contributed by atoms with Gasteiger partial charge in [0.1, 0.15) is 6.10 Å². The van der Waals surface area contributed by atoms with Gasteiger partial charge in [0.2, 0.25) is 5.91 Å². The van der Waals surface area contributed by atoms with E-state index in [-0.39, 0.29) is 6.10 Å². The molecule has 0 radical (unpaired) electrons. The van der Waals surface area contributed by atoms with E-state index in [1.165, 1.54) is 0 Å². The number of carbonyl (C=O) groups is 1. The van der Waals surface area contributed by atoms with Crippen molar-refractivity contribution in [2.75, 3.05) is 6.61 Å². The maximum Gasteiger partial charge on any atom is 0.249 e. The lowest BCUT2D eigenvalue weighted by Crippen LogP contribution is -2.32. The van der Waals surface area contributed by atoms with Crippen LogP contribution in [0, 0.1) is 0 Å². The van der Waals surface area contributed by atoms with Gasteiger partial charge in [-0.05, 0) is 0 Å². The van der Waals surface area contributed by atoms with Crippen LogP contribution < -0.4 is 5.73 Å². The minimum atomic E-state index is -1.10. The summed E-state index contributed by atoms with van der Waals surface area (Å²) in [7, 11) is 0. The zero-order valence-corrected chi connectivity index (χ0v) is 4.20. The van der Waals surface area contributed by atoms with Crippen molar-refractivity contribution in [2.24, 2.45) is 5.73 Å². The van der Waals surface area contributed by atoms with Gasteiger partial charge in [-0.15, -0.1) is 0 Å². The molecule has 0 bridgehead atoms. The summed E-state index contributed by atoms with van der Waals surface area (Å²) < 4.78 is 4.58. The molecule has 2 unspecified atom stereocenters. The summed E-state index contributed by atoms with van der Waals surface area (Å²) in [5, 5.41) is 8.67. The van der Waals surface area contributed by atoms with E-state index in [1.807, 2.05) is 0 Å². The molecule has 1 aliphatic rings. The predicted molar refractivity (Wildman–Crippen MR) is 24.9 cm³/mol. The minimum absolute atomic E-state index is 0.326. The van der Waals surface area contributed by atoms with E-state index >= 15 is 0 Å². The molecule has 2 atom stereocenters. The third-order valence-corrected chi connectivity index (χ3v) is 1.00. The van der Waals surface area contributed by atoms with E-state index < -0.39 is 12.0 Å². The van der Waals surface area contributed by atoms with Crippen molar-refractivity contribution in [1.82, 2.24) is 0 Å². The molecule has 0 aromatic carbocycles. The molecule has 0 aromatic heterocycles. The fraction of sp³-hybridized carbons (Fsp3) is 0.750. The minimum Gasteiger partial charge on any atom is -0.380 e. The number of rotatable bonds is 2. The van der Waals surface area contributed by atoms with E-state index in [4.69, 9.17) is 10.8 Å². The maximum absolute atomic E-state index is 10.1. The Hall–Kier alpha value is -0.610. The van der Waals surface area contributed by atoms with Crippen LogP contribution in [0.3, 0.4) is 0 Å². The van der Waals surface area contributed by atoms with Crippen molar-refractivity contribution in [3.8, 4) is 0 Å². The highest BCUT2D eigenvalue weighted by atomic mass is 16.6. The molecule has 8 heavy (non-hydrogen) atoms. The highest BCUT2D eigenvalue weighted by molar-refractivity contribution is 5.79. The number of primary amides is 1. The first-order chi connectivity index (χ1) is 3.72. The molecule has 1 fully saturated rings. The Bertz CT molecular complexity index is 110. The number of nitrogens with two attached hydrogens (primary N) is 1. The van der Waals surface area contributed by atoms with Crippen molar-refractivity contribution in [3.63, 3.8) is 0 Å². The summed E-state index contributed by atoms with van der Waals surface area (Å²) in [5.74, 6) is -0.715. The second kappa shape index (κ2) is 1.72. The molecule has 0 spiro atoms. The molecular weight excluding hydrogens is 110 g/mol. The smallest absolute Gasteiger partial charge is 0.249 e. The first-order valence-electron chi connectivity index (χ1n) is 2.31. The first kappa shape index (κ1) is 5.53. The molecule has 0 aliphatic carbocycles. The molecule has 4 heteroatoms. The topological polar surface area (TPSA) is 75.9 Å². The lowest BCUT2D eigenvalue weighted by molar-refractivity contribution is -0.126. The molecule has 1 aliphatic heterocycles. The molecule has 1 saturated heterocycles. The summed E-state index contributed by atoms with van der Waals surface area (Å²) in [5.41, 5.74) is 4.71. The van der Waals surface area contributed by atoms with Gasteiger partial charge in [-0.25, -0.2) is 0 Å². The largest absolute Gasteiger partial charge is 0.380 e. The Morgan fingerprint density at radius 1 is 2.00 bits per heavy atom. The average Bonchev–Trinajstić information content (AvgIpc) is 2.43. The highest BCUT2D eigenvalue weighted by Gasteiger charge is 2.34. The van der Waals surface area contributed by atoms with Crippen LogP contribution in [0.15, 0.2) is 0 Å². The van der Waals surface area contributed by atoms with Crippen molar-refractivity contribution in [1.29, 1.82) is 0 Å². The number of carbonyl (C=O) groups excluding carboxylic acids is 1. The quantitative estimate of drug-likeness (QED) is 0.420. The summed E-state index contributed by atoms with van der Waals surface area (Å²) >= 11 is 0. The van der Waals surface area contributed by atoms with E-state index in [2.05, 4.69) is 4.74 Å². The molecule has 4 nitrogen and oxygen atoms in total. The Labute approximate surface area is 46.2 Å². The summed E-state index contributed by atoms with van der Waals surface area (Å²) in [6.07, 6.45) is -1.43. The van der Waals surface area contributed by atoms with E-state index in [0.717, 1.165) is 0 Å². The highest BCUT2D eigenvalue weighted by Crippen LogP contribution is 2.12. The number of ether oxygens (including phenoxy) is 1. The second-order valence-corrected chi connectivity index (χ2v) is 1.72. The number of hydrogen-bond acceptors (Lipinski definition) is 3. The van der Waals surface area contributed by atoms with Gasteiger partial charge >= 0.3 is 0 Å². The van der Waals surface area contributed by atoms with Gasteiger partial charge in [-0.3, -0.25) is 4.79 Å². The van der Waals surface area contributed by atoms with E-state index in [0.29, 0.717) is 6.61 Å². The van der Waals surface area contributed by atoms with E-state index in [1.54, 1.807) is 0 Å². The van der Waals surface area contributed by atoms with Crippen LogP contribution in [0.5, 0.6) is 0 Å². The molecule has 3 N–H and O–H groups in total. The summed E-state index contributed by atoms with van der Waals surface area (Å²) in [6.45, 7) is 0.449. The van der Waals surface area contributed by atoms with Crippen LogP contribution in [0.25, 0.3) is 0 Å². The normalized spacial score (nSPS) is 29.4. The molecule has 0 saturated carbocycles. The number of aliphatic hydroxyl groups excluding tert-OH is 1. The molecule has 1 rings (SSSR count). The SMILES string of the molecule is NC(=O)C(O)C1CO1. The fourth-order valence-electron chi connectivity index (χ4n) is 0.421. The van der Waals surface area contributed by atoms with Crippen LogP contribution >= 0.6 is 0 Å². The van der Waals surface area contributed by atoms with Crippen molar-refractivity contribution in [2.45, 2.75) is 12.2 Å². The zero-order valence-electron chi connectivity index (χ0n) is 4.20. The van der Waals surface area contributed by atoms with E-state index in [9.17, 15) is 4.79 Å². The van der Waals surface area contributed by atoms with Crippen molar-refractivity contribution in [3.05, 3.63) is 0 Å². The monoisotopic (exact) mass is 117 g/mol. The van der Waals surface area contributed by atoms with Gasteiger partial charge in [0.15, 0.2) is 6.10 Å². The lowest BCUT2D eigenvalue weighted by Gasteiger charge is -1.97. The average molecular weight is 117 g/mol. The van der Waals surface area contributed by atoms with Gasteiger partial charge < -0.3 is 15.6 Å². The second-order valence-electron chi connectivity index (χ2n) is 1.72. The number of hydrogen-bond donors (Lipinski definition) is 2. The standard InChI is InChI=1S/C4H7NO3/c5-4(7)3(6)2-1-8-2/h2-3,6H,1H2,(H2,5,7). The lowest BCUT2D eigenvalue weighted by atomic mass is 10.3. The summed E-state index contributed by atoms with van der Waals surface area (Å²) in [4.78, 5) is 10.1. The third-order valence-electron chi connectivity index (χ3n) is 1.00. The Balaban J connectivity index is 2.32. The number of amides is 1. The van der Waals surface area contributed by atoms with Gasteiger partial charge in [-0.2, -0.15) is 0 Å². The maximum atomic E-state index is 10.1. The Morgan fingerprint density at radius 2 is 2.50 bits per heavy atom. The first-order valence-corrected chi connectivity index (χ1v) is 2.31. The molecule has 1 heterocycles. The van der Waals surface area contributed by atoms with Crippen molar-refractivity contribution < 1.29 is 14.6 Å². The molecule has 0 aromatic rings. The Kier molecular flexibility index (Phi) is 1.19. The third kappa shape index (κ3) is 0.962. The van der Waals surface area contributed by atoms with Crippen LogP contribution in [-0.2, 0) is 9.53 Å². The number of epoxide rings is 1. The molecule has 1 amide bonds. The van der Waals surface area contributed by atoms with Gasteiger partial charge in [0.25, 0.3) is 0 Å². The molecular formula is C4H7NO3. The van der Waals surface area contributed by atoms with Crippen LogP contribution in [0.2, 0.25) is 0 Å². The zero-order chi connectivity index (χ0) is 6.15. The van der Waals surface area contributed by atoms with Crippen LogP contribution in [-0.4, -0.2) is 29.8 Å².